The summed E-state index contributed by atoms with van der Waals surface area (Å²) >= 11 is 0. The largest absolute Gasteiger partial charge is 0.311 e. The Balaban J connectivity index is 1.14. The highest BCUT2D eigenvalue weighted by Crippen LogP contribution is 2.62. The lowest BCUT2D eigenvalue weighted by molar-refractivity contribution is 0.212. The third kappa shape index (κ3) is 4.56. The molecule has 11 rings (SSSR count). The Morgan fingerprint density at radius 2 is 1.46 bits per heavy atom. The van der Waals surface area contributed by atoms with Gasteiger partial charge in [-0.1, -0.05) is 121 Å². The molecule has 2 nitrogen and oxygen atoms in total. The summed E-state index contributed by atoms with van der Waals surface area (Å²) < 4.78 is 2.47. The third-order valence-corrected chi connectivity index (χ3v) is 12.8. The lowest BCUT2D eigenvalue weighted by Crippen LogP contribution is -2.35. The molecular weight excluding hydrogens is 629 g/mol. The highest BCUT2D eigenvalue weighted by molar-refractivity contribution is 6.11. The first-order valence-corrected chi connectivity index (χ1v) is 19.3. The van der Waals surface area contributed by atoms with E-state index < -0.39 is 0 Å². The number of fused-ring (bicyclic) bond motifs is 8. The Morgan fingerprint density at radius 1 is 0.635 bits per heavy atom. The molecule has 0 saturated heterocycles. The van der Waals surface area contributed by atoms with Crippen LogP contribution in [0.1, 0.15) is 25.7 Å². The van der Waals surface area contributed by atoms with Crippen LogP contribution in [0.15, 0.2) is 187 Å². The second kappa shape index (κ2) is 12.0. The Morgan fingerprint density at radius 3 is 2.35 bits per heavy atom. The Bertz CT molecular complexity index is 2490. The maximum atomic E-state index is 2.63. The fraction of sp³-hybridized carbons (Fsp3) is 0.200. The van der Waals surface area contributed by atoms with E-state index >= 15 is 0 Å². The third-order valence-electron chi connectivity index (χ3n) is 12.8. The summed E-state index contributed by atoms with van der Waals surface area (Å²) in [4.78, 5) is 2.61. The van der Waals surface area contributed by atoms with Gasteiger partial charge in [0, 0.05) is 39.5 Å². The molecule has 1 fully saturated rings. The van der Waals surface area contributed by atoms with Crippen LogP contribution in [0, 0.1) is 35.5 Å². The van der Waals surface area contributed by atoms with E-state index in [-0.39, 0.29) is 0 Å². The second-order valence-corrected chi connectivity index (χ2v) is 15.4. The van der Waals surface area contributed by atoms with Crippen LogP contribution >= 0.6 is 0 Å². The van der Waals surface area contributed by atoms with Gasteiger partial charge in [0.1, 0.15) is 0 Å². The van der Waals surface area contributed by atoms with Crippen molar-refractivity contribution in [1.29, 1.82) is 0 Å². The minimum absolute atomic E-state index is 0.432. The average Bonchev–Trinajstić information content (AvgIpc) is 3.73. The molecule has 0 bridgehead atoms. The molecule has 252 valence electrons. The number of benzene rings is 4. The van der Waals surface area contributed by atoms with E-state index in [0.29, 0.717) is 35.5 Å². The predicted octanol–water partition coefficient (Wildman–Crippen LogP) is 12.7. The van der Waals surface area contributed by atoms with E-state index in [4.69, 9.17) is 0 Å². The van der Waals surface area contributed by atoms with E-state index in [9.17, 15) is 0 Å². The summed E-state index contributed by atoms with van der Waals surface area (Å²) in [6, 6.07) is 36.2. The number of hydrogen-bond acceptors (Lipinski definition) is 1. The van der Waals surface area contributed by atoms with E-state index in [2.05, 4.69) is 179 Å². The van der Waals surface area contributed by atoms with Crippen LogP contribution < -0.4 is 4.90 Å². The van der Waals surface area contributed by atoms with Crippen molar-refractivity contribution in [2.75, 3.05) is 4.90 Å². The van der Waals surface area contributed by atoms with Gasteiger partial charge in [0.2, 0.25) is 0 Å². The van der Waals surface area contributed by atoms with Crippen molar-refractivity contribution in [2.45, 2.75) is 25.7 Å². The van der Waals surface area contributed by atoms with E-state index in [0.717, 1.165) is 25.7 Å². The number of allylic oxidation sites excluding steroid dienone is 15. The zero-order valence-electron chi connectivity index (χ0n) is 29.4. The lowest BCUT2D eigenvalue weighted by atomic mass is 9.62. The van der Waals surface area contributed by atoms with Gasteiger partial charge in [0.15, 0.2) is 0 Å². The van der Waals surface area contributed by atoms with Gasteiger partial charge in [0.25, 0.3) is 0 Å². The molecule has 0 spiro atoms. The van der Waals surface area contributed by atoms with Gasteiger partial charge < -0.3 is 9.47 Å². The topological polar surface area (TPSA) is 8.17 Å². The van der Waals surface area contributed by atoms with Gasteiger partial charge in [-0.2, -0.15) is 0 Å². The standard InChI is InChI=1S/C50H42N2/c1-3-13-33(14-4-1)34-25-27-38(28-26-34)51(39-29-30-46-44(32-39)41-20-9-10-23-45(41)52(46)37-17-5-2-6-18-37)47-24-12-22-43-42-21-11-16-36-31-35-15-7-8-19-40(35)50(48(36)42)49(43)47/h1,3-5,7-15,17-21,23-32,36,40,42-43,48,50H,2,6,16,22H2. The van der Waals surface area contributed by atoms with Gasteiger partial charge in [-0.15, -0.1) is 0 Å². The molecule has 0 amide bonds. The highest BCUT2D eigenvalue weighted by atomic mass is 15.2. The maximum absolute atomic E-state index is 2.63. The molecule has 6 unspecified atom stereocenters. The Kier molecular flexibility index (Phi) is 6.93. The van der Waals surface area contributed by atoms with Crippen LogP contribution in [-0.2, 0) is 0 Å². The minimum Gasteiger partial charge on any atom is -0.311 e. The van der Waals surface area contributed by atoms with Gasteiger partial charge in [-0.3, -0.25) is 0 Å². The molecule has 4 aromatic carbocycles. The first-order valence-electron chi connectivity index (χ1n) is 19.3. The summed E-state index contributed by atoms with van der Waals surface area (Å²) in [6.07, 6.45) is 33.6. The number of anilines is 2. The van der Waals surface area contributed by atoms with Crippen molar-refractivity contribution in [1.82, 2.24) is 4.57 Å². The zero-order chi connectivity index (χ0) is 34.2. The molecule has 0 aliphatic heterocycles. The van der Waals surface area contributed by atoms with Crippen molar-refractivity contribution in [3.05, 3.63) is 187 Å². The summed E-state index contributed by atoms with van der Waals surface area (Å²) in [5.74, 6) is 3.27. The molecule has 5 aromatic rings. The number of para-hydroxylation sites is 1. The Hall–Kier alpha value is -5.60. The number of aromatic nitrogens is 1. The van der Waals surface area contributed by atoms with Gasteiger partial charge >= 0.3 is 0 Å². The van der Waals surface area contributed by atoms with Crippen LogP contribution in [-0.4, -0.2) is 4.57 Å². The molecule has 6 aliphatic rings. The van der Waals surface area contributed by atoms with Crippen LogP contribution in [0.2, 0.25) is 0 Å². The highest BCUT2D eigenvalue weighted by Gasteiger charge is 2.55. The van der Waals surface area contributed by atoms with Crippen LogP contribution in [0.3, 0.4) is 0 Å². The summed E-state index contributed by atoms with van der Waals surface area (Å²) in [5, 5.41) is 2.60. The van der Waals surface area contributed by atoms with E-state index in [1.54, 1.807) is 5.57 Å². The van der Waals surface area contributed by atoms with Crippen LogP contribution in [0.5, 0.6) is 0 Å². The van der Waals surface area contributed by atoms with Crippen molar-refractivity contribution in [3.8, 4) is 11.1 Å². The summed E-state index contributed by atoms with van der Waals surface area (Å²) in [7, 11) is 0. The monoisotopic (exact) mass is 670 g/mol. The molecule has 1 heterocycles. The summed E-state index contributed by atoms with van der Waals surface area (Å²) in [5.41, 5.74) is 13.3. The summed E-state index contributed by atoms with van der Waals surface area (Å²) in [6.45, 7) is 0. The molecule has 2 heteroatoms. The predicted molar refractivity (Wildman–Crippen MR) is 218 cm³/mol. The molecule has 6 aliphatic carbocycles. The van der Waals surface area contributed by atoms with Crippen molar-refractivity contribution >= 4 is 38.9 Å². The molecule has 6 atom stereocenters. The lowest BCUT2D eigenvalue weighted by Gasteiger charge is -2.42. The molecule has 0 N–H and O–H groups in total. The zero-order valence-corrected chi connectivity index (χ0v) is 29.4. The first-order chi connectivity index (χ1) is 25.8. The average molecular weight is 671 g/mol. The van der Waals surface area contributed by atoms with E-state index in [1.165, 1.54) is 61.3 Å². The number of hydrogen-bond donors (Lipinski definition) is 0. The number of rotatable bonds is 5. The molecular formula is C50H42N2. The maximum Gasteiger partial charge on any atom is 0.0542 e. The molecule has 0 radical (unpaired) electrons. The normalized spacial score (nSPS) is 26.7. The van der Waals surface area contributed by atoms with E-state index in [1.807, 2.05) is 0 Å². The number of nitrogens with zero attached hydrogens (tertiary/aromatic N) is 2. The minimum atomic E-state index is 0.432. The van der Waals surface area contributed by atoms with Crippen LogP contribution in [0.4, 0.5) is 11.4 Å². The van der Waals surface area contributed by atoms with Crippen molar-refractivity contribution in [3.63, 3.8) is 0 Å². The first kappa shape index (κ1) is 30.1. The SMILES string of the molecule is C1=CC2=CC3CC=CC4C5CC=CC(N(c6ccc(-c7ccccc7)cc6)c6ccc7c(c6)c6ccccc6n7C6=CCCC=C6)=C5C(C2C=C1)C34. The fourth-order valence-corrected chi connectivity index (χ4v) is 10.7. The quantitative estimate of drug-likeness (QED) is 0.169. The molecule has 52 heavy (non-hydrogen) atoms. The fourth-order valence-electron chi connectivity index (χ4n) is 10.7. The van der Waals surface area contributed by atoms with Gasteiger partial charge in [-0.25, -0.2) is 0 Å². The molecule has 1 saturated carbocycles. The van der Waals surface area contributed by atoms with Gasteiger partial charge in [0.05, 0.1) is 11.0 Å². The van der Waals surface area contributed by atoms with Crippen LogP contribution in [0.25, 0.3) is 38.6 Å². The second-order valence-electron chi connectivity index (χ2n) is 15.4. The molecule has 1 aromatic heterocycles. The van der Waals surface area contributed by atoms with Crippen molar-refractivity contribution < 1.29 is 0 Å². The van der Waals surface area contributed by atoms with Gasteiger partial charge in [-0.05, 0) is 126 Å². The van der Waals surface area contributed by atoms with Crippen molar-refractivity contribution in [2.24, 2.45) is 35.5 Å². The Labute approximate surface area is 306 Å². The smallest absolute Gasteiger partial charge is 0.0542 e.